The second kappa shape index (κ2) is 7.37. The number of primary amides is 1. The van der Waals surface area contributed by atoms with Crippen molar-refractivity contribution in [2.45, 2.75) is 37.1 Å². The topological polar surface area (TPSA) is 115 Å². The first-order chi connectivity index (χ1) is 9.36. The van der Waals surface area contributed by atoms with Gasteiger partial charge >= 0.3 is 0 Å². The maximum absolute atomic E-state index is 12.1. The summed E-state index contributed by atoms with van der Waals surface area (Å²) in [4.78, 5) is 10.8. The minimum absolute atomic E-state index is 0.156. The first-order valence-corrected chi connectivity index (χ1v) is 7.98. The van der Waals surface area contributed by atoms with E-state index >= 15 is 0 Å². The van der Waals surface area contributed by atoms with E-state index < -0.39 is 15.9 Å². The maximum Gasteiger partial charge on any atom is 0.240 e. The molecule has 0 bridgehead atoms. The third-order valence-electron chi connectivity index (χ3n) is 2.93. The first-order valence-electron chi connectivity index (χ1n) is 6.50. The molecule has 0 fully saturated rings. The van der Waals surface area contributed by atoms with Crippen LogP contribution in [0.4, 0.5) is 0 Å². The van der Waals surface area contributed by atoms with Crippen LogP contribution >= 0.6 is 0 Å². The Kier molecular flexibility index (Phi) is 6.12. The van der Waals surface area contributed by atoms with Crippen LogP contribution < -0.4 is 16.2 Å². The minimum Gasteiger partial charge on any atom is -0.370 e. The van der Waals surface area contributed by atoms with Crippen molar-refractivity contribution in [3.63, 3.8) is 0 Å². The van der Waals surface area contributed by atoms with Crippen molar-refractivity contribution in [3.8, 4) is 0 Å². The third kappa shape index (κ3) is 4.92. The molecule has 0 radical (unpaired) electrons. The molecule has 5 N–H and O–H groups in total. The largest absolute Gasteiger partial charge is 0.370 e. The van der Waals surface area contributed by atoms with Crippen LogP contribution in [0, 0.1) is 0 Å². The molecule has 112 valence electrons. The molecular weight excluding hydrogens is 278 g/mol. The highest BCUT2D eigenvalue weighted by atomic mass is 32.2. The normalized spacial score (nSPS) is 13.1. The Hall–Kier alpha value is -1.44. The Labute approximate surface area is 119 Å². The van der Waals surface area contributed by atoms with E-state index in [1.165, 1.54) is 6.07 Å². The molecule has 0 spiro atoms. The van der Waals surface area contributed by atoms with Gasteiger partial charge in [0.2, 0.25) is 15.9 Å². The van der Waals surface area contributed by atoms with Crippen molar-refractivity contribution in [2.75, 3.05) is 6.54 Å². The molecule has 1 aromatic carbocycles. The van der Waals surface area contributed by atoms with Gasteiger partial charge in [-0.2, -0.15) is 0 Å². The number of carbonyl (C=O) groups excluding carboxylic acids is 1. The lowest BCUT2D eigenvalue weighted by atomic mass is 10.1. The number of nitrogens with two attached hydrogens (primary N) is 2. The van der Waals surface area contributed by atoms with Crippen molar-refractivity contribution in [2.24, 2.45) is 11.5 Å². The van der Waals surface area contributed by atoms with Gasteiger partial charge in [-0.1, -0.05) is 19.1 Å². The van der Waals surface area contributed by atoms with Gasteiger partial charge in [0, 0.05) is 19.0 Å². The van der Waals surface area contributed by atoms with Gasteiger partial charge in [-0.05, 0) is 30.5 Å². The van der Waals surface area contributed by atoms with Crippen molar-refractivity contribution < 1.29 is 13.2 Å². The van der Waals surface area contributed by atoms with Crippen molar-refractivity contribution in [1.82, 2.24) is 4.72 Å². The molecular formula is C13H21N3O3S. The Bertz CT molecular complexity index is 558. The monoisotopic (exact) mass is 299 g/mol. The van der Waals surface area contributed by atoms with E-state index in [1.807, 2.05) is 6.92 Å². The summed E-state index contributed by atoms with van der Waals surface area (Å²) in [5.41, 5.74) is 11.7. The van der Waals surface area contributed by atoms with Crippen LogP contribution in [0.15, 0.2) is 29.2 Å². The van der Waals surface area contributed by atoms with Crippen LogP contribution in [0.5, 0.6) is 0 Å². The highest BCUT2D eigenvalue weighted by Gasteiger charge is 2.15. The zero-order valence-electron chi connectivity index (χ0n) is 11.5. The second-order valence-electron chi connectivity index (χ2n) is 4.55. The van der Waals surface area contributed by atoms with Gasteiger partial charge in [0.15, 0.2) is 0 Å². The quantitative estimate of drug-likeness (QED) is 0.611. The summed E-state index contributed by atoms with van der Waals surface area (Å²) in [6.07, 6.45) is 1.27. The zero-order chi connectivity index (χ0) is 15.2. The molecule has 1 rings (SSSR count). The van der Waals surface area contributed by atoms with E-state index in [0.717, 1.165) is 12.0 Å². The fourth-order valence-corrected chi connectivity index (χ4v) is 2.83. The molecule has 1 amide bonds. The predicted molar refractivity (Wildman–Crippen MR) is 77.3 cm³/mol. The molecule has 7 heteroatoms. The van der Waals surface area contributed by atoms with E-state index in [1.54, 1.807) is 18.2 Å². The summed E-state index contributed by atoms with van der Waals surface area (Å²) < 4.78 is 26.6. The number of sulfonamides is 1. The summed E-state index contributed by atoms with van der Waals surface area (Å²) in [7, 11) is -3.58. The highest BCUT2D eigenvalue weighted by Crippen LogP contribution is 2.18. The fourth-order valence-electron chi connectivity index (χ4n) is 1.70. The van der Waals surface area contributed by atoms with E-state index in [-0.39, 0.29) is 23.9 Å². The summed E-state index contributed by atoms with van der Waals surface area (Å²) in [5.74, 6) is -0.444. The van der Waals surface area contributed by atoms with Crippen LogP contribution in [0.1, 0.15) is 37.8 Å². The lowest BCUT2D eigenvalue weighted by Crippen LogP contribution is -2.26. The lowest BCUT2D eigenvalue weighted by Gasteiger charge is -2.11. The van der Waals surface area contributed by atoms with Crippen LogP contribution in [0.3, 0.4) is 0 Å². The zero-order valence-corrected chi connectivity index (χ0v) is 12.3. The Morgan fingerprint density at radius 1 is 1.40 bits per heavy atom. The van der Waals surface area contributed by atoms with E-state index in [9.17, 15) is 13.2 Å². The van der Waals surface area contributed by atoms with Crippen LogP contribution in [-0.2, 0) is 14.8 Å². The average molecular weight is 299 g/mol. The minimum atomic E-state index is -3.58. The molecule has 0 heterocycles. The second-order valence-corrected chi connectivity index (χ2v) is 6.32. The summed E-state index contributed by atoms with van der Waals surface area (Å²) in [6, 6.07) is 6.38. The number of nitrogens with one attached hydrogen (secondary N) is 1. The molecule has 6 nitrogen and oxygen atoms in total. The fraction of sp³-hybridized carbons (Fsp3) is 0.462. The van der Waals surface area contributed by atoms with E-state index in [2.05, 4.69) is 4.72 Å². The van der Waals surface area contributed by atoms with Gasteiger partial charge in [0.1, 0.15) is 0 Å². The molecule has 1 unspecified atom stereocenters. The number of carbonyl (C=O) groups is 1. The average Bonchev–Trinajstić information content (AvgIpc) is 2.42. The molecule has 0 aromatic heterocycles. The number of benzene rings is 1. The van der Waals surface area contributed by atoms with Crippen LogP contribution in [-0.4, -0.2) is 20.9 Å². The van der Waals surface area contributed by atoms with Gasteiger partial charge in [-0.25, -0.2) is 13.1 Å². The standard InChI is InChI=1S/C13H21N3O3S/c1-2-12(14)10-5-3-6-11(9-10)20(18,19)16-8-4-7-13(15)17/h3,5-6,9,12,16H,2,4,7-8,14H2,1H3,(H2,15,17). The Morgan fingerprint density at radius 2 is 2.10 bits per heavy atom. The molecule has 0 saturated carbocycles. The van der Waals surface area contributed by atoms with Crippen LogP contribution in [0.25, 0.3) is 0 Å². The van der Waals surface area contributed by atoms with Crippen molar-refractivity contribution in [1.29, 1.82) is 0 Å². The molecule has 0 saturated heterocycles. The predicted octanol–water partition coefficient (Wildman–Crippen LogP) is 0.640. The van der Waals surface area contributed by atoms with E-state index in [4.69, 9.17) is 11.5 Å². The lowest BCUT2D eigenvalue weighted by molar-refractivity contribution is -0.118. The summed E-state index contributed by atoms with van der Waals surface area (Å²) in [6.45, 7) is 2.11. The van der Waals surface area contributed by atoms with Crippen molar-refractivity contribution >= 4 is 15.9 Å². The summed E-state index contributed by atoms with van der Waals surface area (Å²) in [5, 5.41) is 0. The SMILES string of the molecule is CCC(N)c1cccc(S(=O)(=O)NCCCC(N)=O)c1. The molecule has 0 aliphatic rings. The number of rotatable bonds is 8. The molecule has 0 aliphatic heterocycles. The van der Waals surface area contributed by atoms with Gasteiger partial charge in [0.25, 0.3) is 0 Å². The highest BCUT2D eigenvalue weighted by molar-refractivity contribution is 7.89. The van der Waals surface area contributed by atoms with Crippen LogP contribution in [0.2, 0.25) is 0 Å². The maximum atomic E-state index is 12.1. The molecule has 0 aliphatic carbocycles. The van der Waals surface area contributed by atoms with Gasteiger partial charge in [-0.15, -0.1) is 0 Å². The molecule has 20 heavy (non-hydrogen) atoms. The number of hydrogen-bond donors (Lipinski definition) is 3. The number of amides is 1. The van der Waals surface area contributed by atoms with Crippen molar-refractivity contribution in [3.05, 3.63) is 29.8 Å². The van der Waals surface area contributed by atoms with E-state index in [0.29, 0.717) is 6.42 Å². The first kappa shape index (κ1) is 16.6. The van der Waals surface area contributed by atoms with Gasteiger partial charge in [0.05, 0.1) is 4.90 Å². The third-order valence-corrected chi connectivity index (χ3v) is 4.39. The van der Waals surface area contributed by atoms with Gasteiger partial charge < -0.3 is 11.5 Å². The summed E-state index contributed by atoms with van der Waals surface area (Å²) >= 11 is 0. The number of hydrogen-bond acceptors (Lipinski definition) is 4. The van der Waals surface area contributed by atoms with Gasteiger partial charge in [-0.3, -0.25) is 4.79 Å². The molecule has 1 atom stereocenters. The Balaban J connectivity index is 2.74. The molecule has 1 aromatic rings. The smallest absolute Gasteiger partial charge is 0.240 e. The Morgan fingerprint density at radius 3 is 2.70 bits per heavy atom.